The first-order valence-electron chi connectivity index (χ1n) is 8.69. The highest BCUT2D eigenvalue weighted by molar-refractivity contribution is 4.93. The van der Waals surface area contributed by atoms with Gasteiger partial charge >= 0.3 is 0 Å². The first kappa shape index (κ1) is 13.9. The number of nitrogens with zero attached hydrogens (tertiary/aromatic N) is 1. The maximum Gasteiger partial charge on any atom is 0.0583 e. The van der Waals surface area contributed by atoms with Crippen molar-refractivity contribution in [1.82, 2.24) is 4.90 Å². The van der Waals surface area contributed by atoms with Crippen molar-refractivity contribution in [3.8, 4) is 0 Å². The predicted molar refractivity (Wildman–Crippen MR) is 79.1 cm³/mol. The smallest absolute Gasteiger partial charge is 0.0583 e. The molecule has 110 valence electrons. The van der Waals surface area contributed by atoms with Crippen LogP contribution in [0.1, 0.15) is 71.1 Å². The largest absolute Gasteiger partial charge is 0.393 e. The fourth-order valence-electron chi connectivity index (χ4n) is 5.01. The third-order valence-electron chi connectivity index (χ3n) is 6.00. The zero-order valence-corrected chi connectivity index (χ0v) is 12.6. The summed E-state index contributed by atoms with van der Waals surface area (Å²) in [5, 5.41) is 10.3. The summed E-state index contributed by atoms with van der Waals surface area (Å²) < 4.78 is 0. The Labute approximate surface area is 118 Å². The van der Waals surface area contributed by atoms with Crippen LogP contribution in [0, 0.1) is 11.8 Å². The highest BCUT2D eigenvalue weighted by Gasteiger charge is 2.39. The third-order valence-corrected chi connectivity index (χ3v) is 6.00. The molecule has 5 unspecified atom stereocenters. The molecule has 1 N–H and O–H groups in total. The van der Waals surface area contributed by atoms with E-state index in [9.17, 15) is 5.11 Å². The Morgan fingerprint density at radius 3 is 2.47 bits per heavy atom. The zero-order chi connectivity index (χ0) is 13.2. The lowest BCUT2D eigenvalue weighted by Crippen LogP contribution is -2.52. The molecule has 1 saturated heterocycles. The van der Waals surface area contributed by atoms with Crippen molar-refractivity contribution in [1.29, 1.82) is 0 Å². The zero-order valence-electron chi connectivity index (χ0n) is 12.6. The highest BCUT2D eigenvalue weighted by atomic mass is 16.3. The minimum atomic E-state index is -0.00776. The maximum absolute atomic E-state index is 10.3. The molecule has 1 heterocycles. The van der Waals surface area contributed by atoms with Crippen molar-refractivity contribution in [2.75, 3.05) is 6.54 Å². The maximum atomic E-state index is 10.3. The normalized spacial score (nSPS) is 45.5. The van der Waals surface area contributed by atoms with Gasteiger partial charge in [-0.15, -0.1) is 0 Å². The summed E-state index contributed by atoms with van der Waals surface area (Å²) in [6, 6.07) is 1.52. The highest BCUT2D eigenvalue weighted by Crippen LogP contribution is 2.38. The SMILES string of the molecule is CC1CCCC(N2CCCCC2C2CCCC2O)C1. The third kappa shape index (κ3) is 3.00. The lowest BCUT2D eigenvalue weighted by atomic mass is 9.81. The van der Waals surface area contributed by atoms with Crippen LogP contribution in [0.15, 0.2) is 0 Å². The Balaban J connectivity index is 1.69. The Morgan fingerprint density at radius 2 is 1.74 bits per heavy atom. The van der Waals surface area contributed by atoms with Gasteiger partial charge < -0.3 is 5.11 Å². The lowest BCUT2D eigenvalue weighted by Gasteiger charge is -2.47. The fourth-order valence-corrected chi connectivity index (χ4v) is 5.01. The van der Waals surface area contributed by atoms with E-state index in [4.69, 9.17) is 0 Å². The Bertz CT molecular complexity index is 293. The molecule has 1 aliphatic heterocycles. The molecule has 0 radical (unpaired) electrons. The molecular formula is C17H31NO. The summed E-state index contributed by atoms with van der Waals surface area (Å²) in [6.07, 6.45) is 13.3. The van der Waals surface area contributed by atoms with Crippen molar-refractivity contribution in [3.05, 3.63) is 0 Å². The topological polar surface area (TPSA) is 23.5 Å². The quantitative estimate of drug-likeness (QED) is 0.825. The molecule has 5 atom stereocenters. The number of aliphatic hydroxyl groups is 1. The summed E-state index contributed by atoms with van der Waals surface area (Å²) in [4.78, 5) is 2.83. The van der Waals surface area contributed by atoms with Crippen LogP contribution in [0.4, 0.5) is 0 Å². The van der Waals surface area contributed by atoms with Crippen molar-refractivity contribution in [2.45, 2.75) is 89.3 Å². The standard InChI is InChI=1S/C17H31NO/c1-13-6-4-7-14(12-13)18-11-3-2-9-16(18)15-8-5-10-17(15)19/h13-17,19H,2-12H2,1H3. The molecule has 0 spiro atoms. The molecule has 3 rings (SSSR count). The molecule has 0 aromatic heterocycles. The van der Waals surface area contributed by atoms with Gasteiger partial charge in [0.1, 0.15) is 0 Å². The van der Waals surface area contributed by atoms with E-state index in [1.54, 1.807) is 0 Å². The molecule has 19 heavy (non-hydrogen) atoms. The van der Waals surface area contributed by atoms with Crippen LogP contribution in [-0.4, -0.2) is 34.7 Å². The molecule has 3 fully saturated rings. The van der Waals surface area contributed by atoms with Crippen molar-refractivity contribution in [3.63, 3.8) is 0 Å². The molecule has 0 aromatic carbocycles. The van der Waals surface area contributed by atoms with Gasteiger partial charge in [-0.25, -0.2) is 0 Å². The van der Waals surface area contributed by atoms with Gasteiger partial charge in [-0.3, -0.25) is 4.90 Å². The van der Waals surface area contributed by atoms with Crippen molar-refractivity contribution >= 4 is 0 Å². The second-order valence-corrected chi connectivity index (χ2v) is 7.39. The summed E-state index contributed by atoms with van der Waals surface area (Å²) in [5.41, 5.74) is 0. The van der Waals surface area contributed by atoms with E-state index < -0.39 is 0 Å². The van der Waals surface area contributed by atoms with Crippen LogP contribution in [0.5, 0.6) is 0 Å². The average molecular weight is 265 g/mol. The molecule has 0 bridgehead atoms. The lowest BCUT2D eigenvalue weighted by molar-refractivity contribution is -0.00307. The van der Waals surface area contributed by atoms with Crippen molar-refractivity contribution in [2.24, 2.45) is 11.8 Å². The Hall–Kier alpha value is -0.0800. The molecule has 2 aliphatic carbocycles. The van der Waals surface area contributed by atoms with Gasteiger partial charge in [-0.05, 0) is 51.0 Å². The first-order valence-corrected chi connectivity index (χ1v) is 8.69. The minimum Gasteiger partial charge on any atom is -0.393 e. The predicted octanol–water partition coefficient (Wildman–Crippen LogP) is 3.58. The van der Waals surface area contributed by atoms with E-state index in [0.717, 1.165) is 18.4 Å². The summed E-state index contributed by atoms with van der Waals surface area (Å²) in [5.74, 6) is 1.49. The van der Waals surface area contributed by atoms with E-state index in [2.05, 4.69) is 11.8 Å². The molecule has 0 amide bonds. The Kier molecular flexibility index (Phi) is 4.48. The van der Waals surface area contributed by atoms with Gasteiger partial charge in [-0.1, -0.05) is 32.6 Å². The van der Waals surface area contributed by atoms with Crippen LogP contribution >= 0.6 is 0 Å². The van der Waals surface area contributed by atoms with Crippen LogP contribution < -0.4 is 0 Å². The van der Waals surface area contributed by atoms with Gasteiger partial charge in [0.05, 0.1) is 6.10 Å². The Morgan fingerprint density at radius 1 is 0.895 bits per heavy atom. The van der Waals surface area contributed by atoms with E-state index in [0.29, 0.717) is 12.0 Å². The van der Waals surface area contributed by atoms with Gasteiger partial charge in [0, 0.05) is 18.0 Å². The number of aliphatic hydroxyl groups excluding tert-OH is 1. The average Bonchev–Trinajstić information content (AvgIpc) is 2.85. The van der Waals surface area contributed by atoms with Crippen LogP contribution in [0.3, 0.4) is 0 Å². The van der Waals surface area contributed by atoms with Gasteiger partial charge in [0.15, 0.2) is 0 Å². The molecular weight excluding hydrogens is 234 g/mol. The molecule has 2 saturated carbocycles. The number of rotatable bonds is 2. The van der Waals surface area contributed by atoms with E-state index in [1.165, 1.54) is 64.3 Å². The van der Waals surface area contributed by atoms with Gasteiger partial charge in [-0.2, -0.15) is 0 Å². The molecule has 2 heteroatoms. The number of hydrogen-bond acceptors (Lipinski definition) is 2. The molecule has 3 aliphatic rings. The van der Waals surface area contributed by atoms with E-state index >= 15 is 0 Å². The van der Waals surface area contributed by atoms with Crippen molar-refractivity contribution < 1.29 is 5.11 Å². The van der Waals surface area contributed by atoms with Crippen LogP contribution in [0.2, 0.25) is 0 Å². The number of likely N-dealkylation sites (tertiary alicyclic amines) is 1. The summed E-state index contributed by atoms with van der Waals surface area (Å²) >= 11 is 0. The minimum absolute atomic E-state index is 0.00776. The second-order valence-electron chi connectivity index (χ2n) is 7.39. The molecule has 0 aromatic rings. The number of piperidine rings is 1. The summed E-state index contributed by atoms with van der Waals surface area (Å²) in [6.45, 7) is 3.72. The summed E-state index contributed by atoms with van der Waals surface area (Å²) in [7, 11) is 0. The number of hydrogen-bond donors (Lipinski definition) is 1. The van der Waals surface area contributed by atoms with E-state index in [-0.39, 0.29) is 6.10 Å². The van der Waals surface area contributed by atoms with Gasteiger partial charge in [0.25, 0.3) is 0 Å². The molecule has 2 nitrogen and oxygen atoms in total. The van der Waals surface area contributed by atoms with E-state index in [1.807, 2.05) is 0 Å². The van der Waals surface area contributed by atoms with Gasteiger partial charge in [0.2, 0.25) is 0 Å². The second kappa shape index (κ2) is 6.13. The van der Waals surface area contributed by atoms with Crippen LogP contribution in [0.25, 0.3) is 0 Å². The fraction of sp³-hybridized carbons (Fsp3) is 1.00. The monoisotopic (exact) mass is 265 g/mol. The first-order chi connectivity index (χ1) is 9.25. The van der Waals surface area contributed by atoms with Crippen LogP contribution in [-0.2, 0) is 0 Å².